The molecule has 0 bridgehead atoms. The number of aliphatic hydroxyl groups excluding tert-OH is 1. The molecular formula is C13H25NO2. The van der Waals surface area contributed by atoms with Crippen molar-refractivity contribution in [2.24, 2.45) is 5.41 Å². The van der Waals surface area contributed by atoms with Crippen LogP contribution in [0.25, 0.3) is 0 Å². The van der Waals surface area contributed by atoms with Crippen molar-refractivity contribution in [3.05, 3.63) is 0 Å². The third-order valence-corrected chi connectivity index (χ3v) is 4.07. The predicted octanol–water partition coefficient (Wildman–Crippen LogP) is 1.65. The van der Waals surface area contributed by atoms with Crippen LogP contribution in [0.4, 0.5) is 0 Å². The SMILES string of the molecule is OCCOCCN1CC2(CCCCCC2)C1. The number of nitrogens with zero attached hydrogens (tertiary/aromatic N) is 1. The number of hydrogen-bond donors (Lipinski definition) is 1. The van der Waals surface area contributed by atoms with Gasteiger partial charge in [0.1, 0.15) is 0 Å². The normalized spacial score (nSPS) is 25.3. The van der Waals surface area contributed by atoms with E-state index >= 15 is 0 Å². The summed E-state index contributed by atoms with van der Waals surface area (Å²) in [5.41, 5.74) is 0.674. The number of likely N-dealkylation sites (tertiary alicyclic amines) is 1. The van der Waals surface area contributed by atoms with Crippen molar-refractivity contribution < 1.29 is 9.84 Å². The van der Waals surface area contributed by atoms with Crippen LogP contribution in [0, 0.1) is 5.41 Å². The Labute approximate surface area is 98.8 Å². The summed E-state index contributed by atoms with van der Waals surface area (Å²) >= 11 is 0. The van der Waals surface area contributed by atoms with Gasteiger partial charge in [0.15, 0.2) is 0 Å². The first-order valence-electron chi connectivity index (χ1n) is 6.76. The number of rotatable bonds is 5. The molecule has 2 rings (SSSR count). The van der Waals surface area contributed by atoms with Gasteiger partial charge in [-0.1, -0.05) is 25.7 Å². The number of hydrogen-bond acceptors (Lipinski definition) is 3. The second kappa shape index (κ2) is 5.99. The first-order valence-corrected chi connectivity index (χ1v) is 6.76. The average molecular weight is 227 g/mol. The van der Waals surface area contributed by atoms with Crippen LogP contribution in [0.3, 0.4) is 0 Å². The Balaban J connectivity index is 1.60. The minimum absolute atomic E-state index is 0.143. The van der Waals surface area contributed by atoms with Crippen LogP contribution in [0.5, 0.6) is 0 Å². The maximum Gasteiger partial charge on any atom is 0.0698 e. The summed E-state index contributed by atoms with van der Waals surface area (Å²) in [4.78, 5) is 2.50. The van der Waals surface area contributed by atoms with E-state index < -0.39 is 0 Å². The van der Waals surface area contributed by atoms with Gasteiger partial charge in [-0.15, -0.1) is 0 Å². The third kappa shape index (κ3) is 3.19. The summed E-state index contributed by atoms with van der Waals surface area (Å²) in [6.07, 6.45) is 8.66. The fraction of sp³-hybridized carbons (Fsp3) is 1.00. The minimum atomic E-state index is 0.143. The molecule has 0 aromatic carbocycles. The Bertz CT molecular complexity index is 192. The molecule has 16 heavy (non-hydrogen) atoms. The van der Waals surface area contributed by atoms with Gasteiger partial charge in [-0.05, 0) is 18.3 Å². The maximum atomic E-state index is 8.59. The van der Waals surface area contributed by atoms with Gasteiger partial charge in [-0.2, -0.15) is 0 Å². The summed E-state index contributed by atoms with van der Waals surface area (Å²) in [5.74, 6) is 0. The van der Waals surface area contributed by atoms with E-state index in [9.17, 15) is 0 Å². The molecule has 2 fully saturated rings. The molecule has 1 N–H and O–H groups in total. The lowest BCUT2D eigenvalue weighted by molar-refractivity contribution is -0.0311. The van der Waals surface area contributed by atoms with E-state index in [1.165, 1.54) is 51.6 Å². The Morgan fingerprint density at radius 3 is 2.31 bits per heavy atom. The van der Waals surface area contributed by atoms with E-state index in [1.807, 2.05) is 0 Å². The second-order valence-electron chi connectivity index (χ2n) is 5.46. The van der Waals surface area contributed by atoms with E-state index in [1.54, 1.807) is 0 Å². The Morgan fingerprint density at radius 1 is 1.00 bits per heavy atom. The molecule has 1 aliphatic carbocycles. The molecule has 3 heteroatoms. The van der Waals surface area contributed by atoms with Crippen molar-refractivity contribution in [2.75, 3.05) is 39.5 Å². The monoisotopic (exact) mass is 227 g/mol. The summed E-state index contributed by atoms with van der Waals surface area (Å²) in [6, 6.07) is 0. The van der Waals surface area contributed by atoms with Crippen molar-refractivity contribution in [1.29, 1.82) is 0 Å². The summed E-state index contributed by atoms with van der Waals surface area (Å²) in [5, 5.41) is 8.59. The molecule has 3 nitrogen and oxygen atoms in total. The van der Waals surface area contributed by atoms with Gasteiger partial charge in [0, 0.05) is 19.6 Å². The first-order chi connectivity index (χ1) is 7.85. The molecule has 0 amide bonds. The summed E-state index contributed by atoms with van der Waals surface area (Å²) in [6.45, 7) is 5.02. The Morgan fingerprint density at radius 2 is 1.69 bits per heavy atom. The first kappa shape index (κ1) is 12.3. The summed E-state index contributed by atoms with van der Waals surface area (Å²) < 4.78 is 5.30. The van der Waals surface area contributed by atoms with Gasteiger partial charge < -0.3 is 9.84 Å². The Kier molecular flexibility index (Phi) is 4.62. The quantitative estimate of drug-likeness (QED) is 0.725. The van der Waals surface area contributed by atoms with Crippen molar-refractivity contribution in [2.45, 2.75) is 38.5 Å². The van der Waals surface area contributed by atoms with Crippen molar-refractivity contribution >= 4 is 0 Å². The number of ether oxygens (including phenoxy) is 1. The minimum Gasteiger partial charge on any atom is -0.394 e. The highest BCUT2D eigenvalue weighted by Crippen LogP contribution is 2.42. The van der Waals surface area contributed by atoms with Gasteiger partial charge in [0.2, 0.25) is 0 Å². The molecule has 1 saturated heterocycles. The second-order valence-corrected chi connectivity index (χ2v) is 5.46. The lowest BCUT2D eigenvalue weighted by Gasteiger charge is -2.50. The van der Waals surface area contributed by atoms with Crippen LogP contribution < -0.4 is 0 Å². The highest BCUT2D eigenvalue weighted by Gasteiger charge is 2.41. The number of aliphatic hydroxyl groups is 1. The topological polar surface area (TPSA) is 32.7 Å². The fourth-order valence-corrected chi connectivity index (χ4v) is 3.22. The van der Waals surface area contributed by atoms with Gasteiger partial charge in [0.25, 0.3) is 0 Å². The van der Waals surface area contributed by atoms with Crippen LogP contribution in [-0.4, -0.2) is 49.5 Å². The molecule has 1 heterocycles. The van der Waals surface area contributed by atoms with Gasteiger partial charge in [-0.3, -0.25) is 4.90 Å². The molecule has 1 spiro atoms. The van der Waals surface area contributed by atoms with Crippen LogP contribution in [0.2, 0.25) is 0 Å². The van der Waals surface area contributed by atoms with Crippen LogP contribution in [-0.2, 0) is 4.74 Å². The zero-order valence-corrected chi connectivity index (χ0v) is 10.3. The van der Waals surface area contributed by atoms with E-state index in [-0.39, 0.29) is 6.61 Å². The standard InChI is InChI=1S/C13H25NO2/c15-8-10-16-9-7-14-11-13(12-14)5-3-1-2-4-6-13/h15H,1-12H2. The molecule has 1 saturated carbocycles. The lowest BCUT2D eigenvalue weighted by atomic mass is 9.73. The molecule has 2 aliphatic rings. The third-order valence-electron chi connectivity index (χ3n) is 4.07. The molecular weight excluding hydrogens is 202 g/mol. The summed E-state index contributed by atoms with van der Waals surface area (Å²) in [7, 11) is 0. The highest BCUT2D eigenvalue weighted by molar-refractivity contribution is 4.95. The van der Waals surface area contributed by atoms with E-state index in [0.717, 1.165) is 13.2 Å². The highest BCUT2D eigenvalue weighted by atomic mass is 16.5. The van der Waals surface area contributed by atoms with Crippen LogP contribution in [0.1, 0.15) is 38.5 Å². The lowest BCUT2D eigenvalue weighted by Crippen LogP contribution is -2.56. The molecule has 1 aliphatic heterocycles. The maximum absolute atomic E-state index is 8.59. The van der Waals surface area contributed by atoms with Gasteiger partial charge in [0.05, 0.1) is 19.8 Å². The molecule has 0 aromatic heterocycles. The van der Waals surface area contributed by atoms with Crippen molar-refractivity contribution in [1.82, 2.24) is 4.90 Å². The molecule has 0 unspecified atom stereocenters. The Hall–Kier alpha value is -0.120. The van der Waals surface area contributed by atoms with Crippen LogP contribution >= 0.6 is 0 Å². The zero-order chi connectivity index (χ0) is 11.3. The van der Waals surface area contributed by atoms with E-state index in [0.29, 0.717) is 12.0 Å². The largest absolute Gasteiger partial charge is 0.394 e. The van der Waals surface area contributed by atoms with Gasteiger partial charge in [-0.25, -0.2) is 0 Å². The molecule has 0 radical (unpaired) electrons. The van der Waals surface area contributed by atoms with E-state index in [2.05, 4.69) is 4.90 Å². The predicted molar refractivity (Wildman–Crippen MR) is 64.5 cm³/mol. The molecule has 0 atom stereocenters. The van der Waals surface area contributed by atoms with Gasteiger partial charge >= 0.3 is 0 Å². The zero-order valence-electron chi connectivity index (χ0n) is 10.3. The van der Waals surface area contributed by atoms with Crippen LogP contribution in [0.15, 0.2) is 0 Å². The average Bonchev–Trinajstić information content (AvgIpc) is 2.48. The molecule has 94 valence electrons. The van der Waals surface area contributed by atoms with Crippen molar-refractivity contribution in [3.8, 4) is 0 Å². The molecule has 0 aromatic rings. The van der Waals surface area contributed by atoms with E-state index in [4.69, 9.17) is 9.84 Å². The van der Waals surface area contributed by atoms with Crippen molar-refractivity contribution in [3.63, 3.8) is 0 Å². The smallest absolute Gasteiger partial charge is 0.0698 e. The fourth-order valence-electron chi connectivity index (χ4n) is 3.22.